The zero-order valence-electron chi connectivity index (χ0n) is 18.3. The van der Waals surface area contributed by atoms with E-state index >= 15 is 0 Å². The maximum Gasteiger partial charge on any atom is 0.319 e. The van der Waals surface area contributed by atoms with Crippen LogP contribution in [0.3, 0.4) is 0 Å². The van der Waals surface area contributed by atoms with Crippen molar-refractivity contribution in [3.63, 3.8) is 0 Å². The number of hydrogen-bond acceptors (Lipinski definition) is 3. The predicted octanol–water partition coefficient (Wildman–Crippen LogP) is 3.37. The summed E-state index contributed by atoms with van der Waals surface area (Å²) in [5.41, 5.74) is 3.86. The van der Waals surface area contributed by atoms with Gasteiger partial charge in [-0.05, 0) is 49.1 Å². The van der Waals surface area contributed by atoms with Crippen LogP contribution in [0.25, 0.3) is 0 Å². The van der Waals surface area contributed by atoms with Crippen LogP contribution >= 0.6 is 0 Å². The molecule has 2 aromatic carbocycles. The second-order valence-corrected chi connectivity index (χ2v) is 8.11. The first-order valence-electron chi connectivity index (χ1n) is 10.6. The predicted molar refractivity (Wildman–Crippen MR) is 120 cm³/mol. The molecule has 7 nitrogen and oxygen atoms in total. The summed E-state index contributed by atoms with van der Waals surface area (Å²) in [4.78, 5) is 38.3. The SMILES string of the molecule is CC(=O)N1CCc2ccccc2C1CC(=O)NCc1ccc(NC(=O)NC(C)C)cc1. The average molecular weight is 423 g/mol. The van der Waals surface area contributed by atoms with E-state index in [0.29, 0.717) is 18.8 Å². The van der Waals surface area contributed by atoms with Crippen LogP contribution in [-0.4, -0.2) is 35.3 Å². The molecule has 4 amide bonds. The maximum atomic E-state index is 12.7. The summed E-state index contributed by atoms with van der Waals surface area (Å²) < 4.78 is 0. The number of nitrogens with one attached hydrogen (secondary N) is 3. The third kappa shape index (κ3) is 6.07. The van der Waals surface area contributed by atoms with Crippen LogP contribution in [0.4, 0.5) is 10.5 Å². The highest BCUT2D eigenvalue weighted by Crippen LogP contribution is 2.32. The highest BCUT2D eigenvalue weighted by atomic mass is 16.2. The number of amides is 4. The number of benzene rings is 2. The van der Waals surface area contributed by atoms with Crippen molar-refractivity contribution in [1.82, 2.24) is 15.5 Å². The van der Waals surface area contributed by atoms with Gasteiger partial charge in [0.05, 0.1) is 12.5 Å². The van der Waals surface area contributed by atoms with Gasteiger partial charge < -0.3 is 20.9 Å². The molecule has 7 heteroatoms. The summed E-state index contributed by atoms with van der Waals surface area (Å²) in [5.74, 6) is -0.122. The Labute approximate surface area is 183 Å². The molecule has 0 aromatic heterocycles. The van der Waals surface area contributed by atoms with Gasteiger partial charge in [0.2, 0.25) is 11.8 Å². The van der Waals surface area contributed by atoms with E-state index in [2.05, 4.69) is 22.0 Å². The van der Waals surface area contributed by atoms with Crippen LogP contribution in [-0.2, 0) is 22.6 Å². The van der Waals surface area contributed by atoms with Crippen molar-refractivity contribution in [3.05, 3.63) is 65.2 Å². The molecule has 1 atom stereocenters. The quantitative estimate of drug-likeness (QED) is 0.667. The molecule has 1 aliphatic heterocycles. The molecule has 1 aliphatic rings. The molecule has 0 radical (unpaired) electrons. The monoisotopic (exact) mass is 422 g/mol. The number of rotatable bonds is 6. The number of fused-ring (bicyclic) bond motifs is 1. The zero-order valence-corrected chi connectivity index (χ0v) is 18.3. The van der Waals surface area contributed by atoms with Gasteiger partial charge in [-0.2, -0.15) is 0 Å². The minimum absolute atomic E-state index is 0.0168. The Balaban J connectivity index is 1.57. The number of anilines is 1. The first-order chi connectivity index (χ1) is 14.8. The van der Waals surface area contributed by atoms with Gasteiger partial charge in [0.1, 0.15) is 0 Å². The number of urea groups is 1. The van der Waals surface area contributed by atoms with Crippen molar-refractivity contribution >= 4 is 23.5 Å². The van der Waals surface area contributed by atoms with E-state index in [1.807, 2.05) is 44.2 Å². The Hall–Kier alpha value is -3.35. The molecular formula is C24H30N4O3. The van der Waals surface area contributed by atoms with E-state index in [4.69, 9.17) is 0 Å². The van der Waals surface area contributed by atoms with E-state index in [9.17, 15) is 14.4 Å². The number of carbonyl (C=O) groups excluding carboxylic acids is 3. The van der Waals surface area contributed by atoms with E-state index in [-0.39, 0.29) is 36.3 Å². The molecule has 0 bridgehead atoms. The molecule has 3 rings (SSSR count). The first-order valence-corrected chi connectivity index (χ1v) is 10.6. The van der Waals surface area contributed by atoms with Gasteiger partial charge in [0.15, 0.2) is 0 Å². The largest absolute Gasteiger partial charge is 0.352 e. The van der Waals surface area contributed by atoms with E-state index in [1.165, 1.54) is 5.56 Å². The molecule has 2 aromatic rings. The molecule has 31 heavy (non-hydrogen) atoms. The van der Waals surface area contributed by atoms with Gasteiger partial charge in [0, 0.05) is 31.7 Å². The molecule has 1 unspecified atom stereocenters. The lowest BCUT2D eigenvalue weighted by molar-refractivity contribution is -0.133. The van der Waals surface area contributed by atoms with Crippen LogP contribution < -0.4 is 16.0 Å². The summed E-state index contributed by atoms with van der Waals surface area (Å²) in [5, 5.41) is 8.48. The Morgan fingerprint density at radius 3 is 2.45 bits per heavy atom. The third-order valence-corrected chi connectivity index (χ3v) is 5.32. The lowest BCUT2D eigenvalue weighted by Gasteiger charge is -2.36. The highest BCUT2D eigenvalue weighted by Gasteiger charge is 2.30. The molecule has 1 heterocycles. The average Bonchev–Trinajstić information content (AvgIpc) is 2.72. The fourth-order valence-corrected chi connectivity index (χ4v) is 3.83. The van der Waals surface area contributed by atoms with Crippen molar-refractivity contribution in [1.29, 1.82) is 0 Å². The minimum Gasteiger partial charge on any atom is -0.352 e. The van der Waals surface area contributed by atoms with Crippen LogP contribution in [0.1, 0.15) is 49.9 Å². The van der Waals surface area contributed by atoms with Crippen LogP contribution in [0.2, 0.25) is 0 Å². The molecule has 0 aliphatic carbocycles. The van der Waals surface area contributed by atoms with Gasteiger partial charge in [-0.1, -0.05) is 36.4 Å². The Bertz CT molecular complexity index is 940. The number of nitrogens with zero attached hydrogens (tertiary/aromatic N) is 1. The van der Waals surface area contributed by atoms with E-state index in [1.54, 1.807) is 24.0 Å². The Kier molecular flexibility index (Phi) is 7.28. The van der Waals surface area contributed by atoms with Gasteiger partial charge in [-0.15, -0.1) is 0 Å². The fourth-order valence-electron chi connectivity index (χ4n) is 3.83. The second-order valence-electron chi connectivity index (χ2n) is 8.11. The Morgan fingerprint density at radius 1 is 1.06 bits per heavy atom. The molecule has 0 saturated carbocycles. The summed E-state index contributed by atoms with van der Waals surface area (Å²) in [6.07, 6.45) is 1.04. The first kappa shape index (κ1) is 22.3. The summed E-state index contributed by atoms with van der Waals surface area (Å²) >= 11 is 0. The lowest BCUT2D eigenvalue weighted by Crippen LogP contribution is -2.41. The van der Waals surface area contributed by atoms with E-state index < -0.39 is 0 Å². The molecule has 0 spiro atoms. The van der Waals surface area contributed by atoms with E-state index in [0.717, 1.165) is 17.5 Å². The molecular weight excluding hydrogens is 392 g/mol. The molecule has 164 valence electrons. The van der Waals surface area contributed by atoms with Gasteiger partial charge in [-0.3, -0.25) is 9.59 Å². The Morgan fingerprint density at radius 2 is 1.77 bits per heavy atom. The zero-order chi connectivity index (χ0) is 22.4. The fraction of sp³-hybridized carbons (Fsp3) is 0.375. The van der Waals surface area contributed by atoms with Crippen molar-refractivity contribution in [2.45, 2.75) is 52.2 Å². The smallest absolute Gasteiger partial charge is 0.319 e. The van der Waals surface area contributed by atoms with Crippen molar-refractivity contribution in [2.75, 3.05) is 11.9 Å². The normalized spacial score (nSPS) is 15.2. The van der Waals surface area contributed by atoms with Gasteiger partial charge in [0.25, 0.3) is 0 Å². The summed E-state index contributed by atoms with van der Waals surface area (Å²) in [6.45, 7) is 6.35. The number of hydrogen-bond donors (Lipinski definition) is 3. The molecule has 0 saturated heterocycles. The molecule has 3 N–H and O–H groups in total. The van der Waals surface area contributed by atoms with Crippen molar-refractivity contribution < 1.29 is 14.4 Å². The van der Waals surface area contributed by atoms with Crippen LogP contribution in [0.15, 0.2) is 48.5 Å². The summed E-state index contributed by atoms with van der Waals surface area (Å²) in [7, 11) is 0. The van der Waals surface area contributed by atoms with Crippen molar-refractivity contribution in [2.24, 2.45) is 0 Å². The topological polar surface area (TPSA) is 90.5 Å². The third-order valence-electron chi connectivity index (χ3n) is 5.32. The number of carbonyl (C=O) groups is 3. The molecule has 0 fully saturated rings. The van der Waals surface area contributed by atoms with Gasteiger partial charge in [-0.25, -0.2) is 4.79 Å². The summed E-state index contributed by atoms with van der Waals surface area (Å²) in [6, 6.07) is 14.9. The lowest BCUT2D eigenvalue weighted by atomic mass is 9.90. The minimum atomic E-state index is -0.251. The van der Waals surface area contributed by atoms with Crippen LogP contribution in [0, 0.1) is 0 Å². The second kappa shape index (κ2) is 10.1. The van der Waals surface area contributed by atoms with Gasteiger partial charge >= 0.3 is 6.03 Å². The maximum absolute atomic E-state index is 12.7. The highest BCUT2D eigenvalue weighted by molar-refractivity contribution is 5.89. The van der Waals surface area contributed by atoms with Crippen LogP contribution in [0.5, 0.6) is 0 Å². The standard InChI is InChI=1S/C24H30N4O3/c1-16(2)26-24(31)27-20-10-8-18(9-11-20)15-25-23(30)14-22-21-7-5-4-6-19(21)12-13-28(22)17(3)29/h4-11,16,22H,12-15H2,1-3H3,(H,25,30)(H2,26,27,31). The van der Waals surface area contributed by atoms with Crippen molar-refractivity contribution in [3.8, 4) is 0 Å².